The SMILES string of the molecule is CCNC(=NCc1ccc(C)cc1OCC1CCCO1)NC1CC1C.I. The molecule has 5 nitrogen and oxygen atoms in total. The fourth-order valence-electron chi connectivity index (χ4n) is 3.07. The molecule has 3 rings (SSSR count). The van der Waals surface area contributed by atoms with Gasteiger partial charge in [-0.1, -0.05) is 19.1 Å². The van der Waals surface area contributed by atoms with Crippen LogP contribution in [0.4, 0.5) is 0 Å². The Labute approximate surface area is 174 Å². The van der Waals surface area contributed by atoms with Gasteiger partial charge in [-0.25, -0.2) is 4.99 Å². The third-order valence-corrected chi connectivity index (χ3v) is 4.85. The Balaban J connectivity index is 0.00000243. The maximum Gasteiger partial charge on any atom is 0.191 e. The van der Waals surface area contributed by atoms with Crippen LogP contribution in [-0.2, 0) is 11.3 Å². The van der Waals surface area contributed by atoms with Crippen LogP contribution in [0.1, 0.15) is 44.2 Å². The number of guanidine groups is 1. The molecule has 0 spiro atoms. The van der Waals surface area contributed by atoms with E-state index in [9.17, 15) is 0 Å². The van der Waals surface area contributed by atoms with Crippen LogP contribution in [0.3, 0.4) is 0 Å². The molecule has 1 aromatic carbocycles. The third kappa shape index (κ3) is 6.30. The van der Waals surface area contributed by atoms with Crippen LogP contribution in [0.2, 0.25) is 0 Å². The van der Waals surface area contributed by atoms with Gasteiger partial charge >= 0.3 is 0 Å². The Morgan fingerprint density at radius 2 is 2.19 bits per heavy atom. The van der Waals surface area contributed by atoms with Crippen LogP contribution in [0.15, 0.2) is 23.2 Å². The minimum Gasteiger partial charge on any atom is -0.491 e. The summed E-state index contributed by atoms with van der Waals surface area (Å²) in [5.41, 5.74) is 2.32. The molecule has 0 radical (unpaired) electrons. The lowest BCUT2D eigenvalue weighted by Gasteiger charge is -2.15. The number of nitrogens with one attached hydrogen (secondary N) is 2. The van der Waals surface area contributed by atoms with Crippen molar-refractivity contribution in [2.24, 2.45) is 10.9 Å². The minimum absolute atomic E-state index is 0. The van der Waals surface area contributed by atoms with E-state index in [4.69, 9.17) is 14.5 Å². The second-order valence-corrected chi connectivity index (χ2v) is 7.22. The highest BCUT2D eigenvalue weighted by Crippen LogP contribution is 2.29. The molecule has 6 heteroatoms. The number of ether oxygens (including phenoxy) is 2. The van der Waals surface area contributed by atoms with Crippen LogP contribution in [0.25, 0.3) is 0 Å². The zero-order valence-corrected chi connectivity index (χ0v) is 18.4. The van der Waals surface area contributed by atoms with E-state index in [0.717, 1.165) is 49.2 Å². The van der Waals surface area contributed by atoms with Crippen molar-refractivity contribution in [2.75, 3.05) is 19.8 Å². The number of aryl methyl sites for hydroxylation is 1. The standard InChI is InChI=1S/C20H31N3O2.HI/c1-4-21-20(23-18-11-15(18)3)22-12-16-8-7-14(2)10-19(16)25-13-17-6-5-9-24-17;/h7-8,10,15,17-18H,4-6,9,11-13H2,1-3H3,(H2,21,22,23);1H. The van der Waals surface area contributed by atoms with Gasteiger partial charge in [-0.2, -0.15) is 0 Å². The molecule has 1 heterocycles. The van der Waals surface area contributed by atoms with E-state index >= 15 is 0 Å². The molecule has 0 aromatic heterocycles. The van der Waals surface area contributed by atoms with Gasteiger partial charge in [0.25, 0.3) is 0 Å². The fourth-order valence-corrected chi connectivity index (χ4v) is 3.07. The molecule has 2 aliphatic rings. The van der Waals surface area contributed by atoms with Gasteiger partial charge in [0.05, 0.1) is 12.6 Å². The lowest BCUT2D eigenvalue weighted by Crippen LogP contribution is -2.39. The Morgan fingerprint density at radius 1 is 1.38 bits per heavy atom. The molecule has 0 amide bonds. The van der Waals surface area contributed by atoms with Gasteiger partial charge in [0, 0.05) is 24.8 Å². The van der Waals surface area contributed by atoms with Crippen molar-refractivity contribution in [2.45, 2.75) is 58.7 Å². The average molecular weight is 473 g/mol. The van der Waals surface area contributed by atoms with E-state index < -0.39 is 0 Å². The Bertz CT molecular complexity index is 603. The first-order chi connectivity index (χ1) is 12.2. The molecule has 0 bridgehead atoms. The van der Waals surface area contributed by atoms with E-state index in [1.165, 1.54) is 12.0 Å². The molecule has 146 valence electrons. The van der Waals surface area contributed by atoms with Crippen LogP contribution >= 0.6 is 24.0 Å². The monoisotopic (exact) mass is 473 g/mol. The number of halogens is 1. The second kappa shape index (κ2) is 10.3. The summed E-state index contributed by atoms with van der Waals surface area (Å²) >= 11 is 0. The largest absolute Gasteiger partial charge is 0.491 e. The molecule has 2 fully saturated rings. The molecule has 1 aliphatic heterocycles. The van der Waals surface area contributed by atoms with E-state index in [2.05, 4.69) is 49.6 Å². The van der Waals surface area contributed by atoms with E-state index in [1.54, 1.807) is 0 Å². The van der Waals surface area contributed by atoms with E-state index in [-0.39, 0.29) is 30.1 Å². The van der Waals surface area contributed by atoms with Crippen LogP contribution < -0.4 is 15.4 Å². The minimum atomic E-state index is 0. The quantitative estimate of drug-likeness (QED) is 0.361. The number of aliphatic imine (C=N–C) groups is 1. The molecular formula is C20H32IN3O2. The van der Waals surface area contributed by atoms with Crippen LogP contribution in [0, 0.1) is 12.8 Å². The fraction of sp³-hybridized carbons (Fsp3) is 0.650. The Hall–Kier alpha value is -1.02. The number of nitrogens with zero attached hydrogens (tertiary/aromatic N) is 1. The van der Waals surface area contributed by atoms with Gasteiger partial charge in [-0.05, 0) is 50.7 Å². The first-order valence-corrected chi connectivity index (χ1v) is 9.54. The maximum atomic E-state index is 6.07. The maximum absolute atomic E-state index is 6.07. The Kier molecular flexibility index (Phi) is 8.47. The topological polar surface area (TPSA) is 54.9 Å². The van der Waals surface area contributed by atoms with Gasteiger partial charge in [0.2, 0.25) is 0 Å². The first kappa shape index (κ1) is 21.3. The Morgan fingerprint density at radius 3 is 2.85 bits per heavy atom. The zero-order valence-electron chi connectivity index (χ0n) is 16.1. The predicted octanol–water partition coefficient (Wildman–Crippen LogP) is 3.63. The molecule has 1 saturated carbocycles. The summed E-state index contributed by atoms with van der Waals surface area (Å²) in [6.45, 7) is 9.40. The van der Waals surface area contributed by atoms with Crippen molar-refractivity contribution in [3.05, 3.63) is 29.3 Å². The van der Waals surface area contributed by atoms with Gasteiger partial charge < -0.3 is 20.1 Å². The highest BCUT2D eigenvalue weighted by atomic mass is 127. The summed E-state index contributed by atoms with van der Waals surface area (Å²) < 4.78 is 11.7. The van der Waals surface area contributed by atoms with Crippen molar-refractivity contribution in [3.63, 3.8) is 0 Å². The van der Waals surface area contributed by atoms with Crippen molar-refractivity contribution in [3.8, 4) is 5.75 Å². The highest BCUT2D eigenvalue weighted by molar-refractivity contribution is 14.0. The van der Waals surface area contributed by atoms with Gasteiger partial charge in [-0.3, -0.25) is 0 Å². The normalized spacial score (nSPS) is 24.7. The summed E-state index contributed by atoms with van der Waals surface area (Å²) in [7, 11) is 0. The molecule has 3 atom stereocenters. The van der Waals surface area contributed by atoms with Gasteiger partial charge in [0.1, 0.15) is 12.4 Å². The summed E-state index contributed by atoms with van der Waals surface area (Å²) in [5.74, 6) is 2.56. The molecule has 2 N–H and O–H groups in total. The molecular weight excluding hydrogens is 441 g/mol. The molecule has 1 aliphatic carbocycles. The second-order valence-electron chi connectivity index (χ2n) is 7.22. The number of rotatable bonds is 7. The van der Waals surface area contributed by atoms with Gasteiger partial charge in [0.15, 0.2) is 5.96 Å². The summed E-state index contributed by atoms with van der Waals surface area (Å²) in [4.78, 5) is 4.75. The van der Waals surface area contributed by atoms with Crippen LogP contribution in [0.5, 0.6) is 5.75 Å². The third-order valence-electron chi connectivity index (χ3n) is 4.85. The first-order valence-electron chi connectivity index (χ1n) is 9.54. The molecule has 1 aromatic rings. The van der Waals surface area contributed by atoms with E-state index in [1.807, 2.05) is 0 Å². The summed E-state index contributed by atoms with van der Waals surface area (Å²) in [5, 5.41) is 6.83. The van der Waals surface area contributed by atoms with Crippen molar-refractivity contribution >= 4 is 29.9 Å². The highest BCUT2D eigenvalue weighted by Gasteiger charge is 2.33. The lowest BCUT2D eigenvalue weighted by molar-refractivity contribution is 0.0676. The van der Waals surface area contributed by atoms with Crippen LogP contribution in [-0.4, -0.2) is 37.9 Å². The lowest BCUT2D eigenvalue weighted by atomic mass is 10.1. The zero-order chi connectivity index (χ0) is 17.6. The van der Waals surface area contributed by atoms with Gasteiger partial charge in [-0.15, -0.1) is 24.0 Å². The molecule has 26 heavy (non-hydrogen) atoms. The van der Waals surface area contributed by atoms with E-state index in [0.29, 0.717) is 19.2 Å². The smallest absolute Gasteiger partial charge is 0.191 e. The predicted molar refractivity (Wildman–Crippen MR) is 117 cm³/mol. The average Bonchev–Trinajstić information content (AvgIpc) is 3.07. The van der Waals surface area contributed by atoms with Crippen molar-refractivity contribution in [1.29, 1.82) is 0 Å². The summed E-state index contributed by atoms with van der Waals surface area (Å²) in [6.07, 6.45) is 3.68. The number of hydrogen-bond acceptors (Lipinski definition) is 3. The van der Waals surface area contributed by atoms with Crippen molar-refractivity contribution < 1.29 is 9.47 Å². The molecule has 1 saturated heterocycles. The number of hydrogen-bond donors (Lipinski definition) is 2. The number of benzene rings is 1. The molecule has 3 unspecified atom stereocenters. The van der Waals surface area contributed by atoms with Crippen molar-refractivity contribution in [1.82, 2.24) is 10.6 Å². The summed E-state index contributed by atoms with van der Waals surface area (Å²) in [6, 6.07) is 6.90.